The number of allylic oxidation sites excluding steroid dienone is 24. The summed E-state index contributed by atoms with van der Waals surface area (Å²) in [5.41, 5.74) is 0. The number of carbonyl (C=O) groups is 3. The summed E-state index contributed by atoms with van der Waals surface area (Å²) >= 11 is 0. The van der Waals surface area contributed by atoms with Gasteiger partial charge in [0.1, 0.15) is 13.2 Å². The molecule has 0 amide bonds. The summed E-state index contributed by atoms with van der Waals surface area (Å²) in [7, 11) is 0. The summed E-state index contributed by atoms with van der Waals surface area (Å²) in [6, 6.07) is 0. The molecule has 0 fully saturated rings. The van der Waals surface area contributed by atoms with Crippen molar-refractivity contribution in [3.63, 3.8) is 0 Å². The SMILES string of the molecule is CC/C=C\C/C=C\C/C=C\C/C=C\C/C=C\C/C=C\C/C=C\CCCCCCCCCCCCCCCC(=O)OCC(COC(=O)CCCCCCC/C=C\CCCCCCCC)OC(=O)CCCC/C=C\C/C=C\C/C=C\C/C=C\CC. The van der Waals surface area contributed by atoms with Gasteiger partial charge in [-0.25, -0.2) is 0 Å². The van der Waals surface area contributed by atoms with Gasteiger partial charge in [-0.3, -0.25) is 14.4 Å². The molecule has 6 heteroatoms. The molecule has 0 aromatic carbocycles. The van der Waals surface area contributed by atoms with Crippen LogP contribution in [0.2, 0.25) is 0 Å². The van der Waals surface area contributed by atoms with Gasteiger partial charge in [0.2, 0.25) is 0 Å². The standard InChI is InChI=1S/C77H126O6/c1-4-7-10-13-16-19-22-25-28-29-30-31-32-33-34-35-36-37-38-39-40-41-42-43-44-45-46-47-50-52-55-58-61-64-67-70-76(79)82-73-74(83-77(80)71-68-65-62-59-56-53-49-27-24-21-18-15-12-9-6-3)72-81-75(78)69-66-63-60-57-54-51-48-26-23-20-17-14-11-8-5-2/h7,9-10,12,16,18-19,21,25-28,30-31,33-34,36-37,39-40,48-49,56,59,74H,4-6,8,11,13-15,17,20,22-24,29,32,35,38,41-47,50-55,57-58,60-73H2,1-3H3/b10-7-,12-9-,19-16-,21-18-,28-25-,31-30-,34-33-,37-36-,40-39-,48-26-,49-27-,59-56-. The van der Waals surface area contributed by atoms with Crippen molar-refractivity contribution in [2.24, 2.45) is 0 Å². The number of rotatable bonds is 61. The van der Waals surface area contributed by atoms with Crippen molar-refractivity contribution in [1.82, 2.24) is 0 Å². The van der Waals surface area contributed by atoms with Crippen LogP contribution < -0.4 is 0 Å². The second kappa shape index (κ2) is 69.8. The first-order chi connectivity index (χ1) is 41.0. The molecule has 470 valence electrons. The lowest BCUT2D eigenvalue weighted by Crippen LogP contribution is -2.30. The minimum atomic E-state index is -0.808. The van der Waals surface area contributed by atoms with E-state index in [0.29, 0.717) is 19.3 Å². The van der Waals surface area contributed by atoms with Gasteiger partial charge in [-0.1, -0.05) is 289 Å². The Hall–Kier alpha value is -4.71. The molecule has 0 rings (SSSR count). The van der Waals surface area contributed by atoms with Crippen molar-refractivity contribution in [3.05, 3.63) is 146 Å². The molecular weight excluding hydrogens is 1020 g/mol. The quantitative estimate of drug-likeness (QED) is 0.0261. The molecule has 0 spiro atoms. The monoisotopic (exact) mass is 1150 g/mol. The van der Waals surface area contributed by atoms with Crippen molar-refractivity contribution in [2.45, 2.75) is 309 Å². The lowest BCUT2D eigenvalue weighted by Gasteiger charge is -2.18. The van der Waals surface area contributed by atoms with Crippen LogP contribution in [0.1, 0.15) is 303 Å². The first kappa shape index (κ1) is 78.3. The molecule has 0 bridgehead atoms. The van der Waals surface area contributed by atoms with Crippen LogP contribution in [0.15, 0.2) is 146 Å². The molecule has 0 heterocycles. The highest BCUT2D eigenvalue weighted by molar-refractivity contribution is 5.71. The van der Waals surface area contributed by atoms with Crippen LogP contribution in [0.5, 0.6) is 0 Å². The Morgan fingerprint density at radius 1 is 0.253 bits per heavy atom. The Balaban J connectivity index is 4.25. The van der Waals surface area contributed by atoms with Crippen LogP contribution in [0.4, 0.5) is 0 Å². The van der Waals surface area contributed by atoms with Gasteiger partial charge in [-0.05, 0) is 141 Å². The number of unbranched alkanes of at least 4 members (excludes halogenated alkanes) is 26. The smallest absolute Gasteiger partial charge is 0.306 e. The average molecular weight is 1150 g/mol. The molecule has 83 heavy (non-hydrogen) atoms. The van der Waals surface area contributed by atoms with E-state index < -0.39 is 6.10 Å². The maximum atomic E-state index is 12.9. The highest BCUT2D eigenvalue weighted by atomic mass is 16.6. The van der Waals surface area contributed by atoms with E-state index in [-0.39, 0.29) is 37.5 Å². The summed E-state index contributed by atoms with van der Waals surface area (Å²) in [6.45, 7) is 6.37. The van der Waals surface area contributed by atoms with E-state index in [2.05, 4.69) is 167 Å². The molecule has 0 saturated heterocycles. The van der Waals surface area contributed by atoms with Gasteiger partial charge < -0.3 is 14.2 Å². The molecule has 0 aromatic heterocycles. The summed E-state index contributed by atoms with van der Waals surface area (Å²) < 4.78 is 16.9. The zero-order valence-corrected chi connectivity index (χ0v) is 53.9. The Labute approximate surface area is 512 Å². The molecular formula is C77H126O6. The molecule has 0 aliphatic carbocycles. The first-order valence-electron chi connectivity index (χ1n) is 34.3. The van der Waals surface area contributed by atoms with Gasteiger partial charge in [0.15, 0.2) is 6.10 Å². The minimum absolute atomic E-state index is 0.100. The fourth-order valence-corrected chi connectivity index (χ4v) is 9.23. The van der Waals surface area contributed by atoms with E-state index in [1.54, 1.807) is 0 Å². The van der Waals surface area contributed by atoms with Gasteiger partial charge in [0.05, 0.1) is 0 Å². The Morgan fingerprint density at radius 3 is 0.771 bits per heavy atom. The summed E-state index contributed by atoms with van der Waals surface area (Å²) in [5, 5.41) is 0. The van der Waals surface area contributed by atoms with Gasteiger partial charge in [0, 0.05) is 19.3 Å². The molecule has 1 atom stereocenters. The third kappa shape index (κ3) is 68.0. The van der Waals surface area contributed by atoms with Crippen LogP contribution in [-0.2, 0) is 28.6 Å². The lowest BCUT2D eigenvalue weighted by atomic mass is 10.0. The van der Waals surface area contributed by atoms with Crippen LogP contribution in [0.25, 0.3) is 0 Å². The van der Waals surface area contributed by atoms with Crippen molar-refractivity contribution in [3.8, 4) is 0 Å². The first-order valence-corrected chi connectivity index (χ1v) is 34.3. The highest BCUT2D eigenvalue weighted by Gasteiger charge is 2.19. The third-order valence-electron chi connectivity index (χ3n) is 14.3. The number of carbonyl (C=O) groups excluding carboxylic acids is 3. The summed E-state index contributed by atoms with van der Waals surface area (Å²) in [5.74, 6) is -0.948. The molecule has 0 radical (unpaired) electrons. The third-order valence-corrected chi connectivity index (χ3v) is 14.3. The molecule has 6 nitrogen and oxygen atoms in total. The van der Waals surface area contributed by atoms with Crippen LogP contribution in [0, 0.1) is 0 Å². The van der Waals surface area contributed by atoms with Crippen molar-refractivity contribution < 1.29 is 28.6 Å². The number of hydrogen-bond donors (Lipinski definition) is 0. The van der Waals surface area contributed by atoms with Crippen LogP contribution in [-0.4, -0.2) is 37.2 Å². The summed E-state index contributed by atoms with van der Waals surface area (Å²) in [6.07, 6.45) is 100. The molecule has 0 saturated carbocycles. The Bertz CT molecular complexity index is 1800. The Morgan fingerprint density at radius 2 is 0.470 bits per heavy atom. The van der Waals surface area contributed by atoms with Crippen molar-refractivity contribution in [1.29, 1.82) is 0 Å². The number of hydrogen-bond acceptors (Lipinski definition) is 6. The molecule has 0 N–H and O–H groups in total. The molecule has 0 aliphatic heterocycles. The van der Waals surface area contributed by atoms with Crippen LogP contribution >= 0.6 is 0 Å². The van der Waals surface area contributed by atoms with E-state index in [1.807, 2.05) is 0 Å². The van der Waals surface area contributed by atoms with Crippen molar-refractivity contribution >= 4 is 17.9 Å². The number of esters is 3. The van der Waals surface area contributed by atoms with E-state index >= 15 is 0 Å². The van der Waals surface area contributed by atoms with Gasteiger partial charge in [0.25, 0.3) is 0 Å². The highest BCUT2D eigenvalue weighted by Crippen LogP contribution is 2.16. The van der Waals surface area contributed by atoms with Gasteiger partial charge in [-0.2, -0.15) is 0 Å². The second-order valence-corrected chi connectivity index (χ2v) is 22.3. The van der Waals surface area contributed by atoms with Crippen molar-refractivity contribution in [2.75, 3.05) is 13.2 Å². The lowest BCUT2D eigenvalue weighted by molar-refractivity contribution is -0.167. The predicted molar refractivity (Wildman–Crippen MR) is 362 cm³/mol. The normalized spacial score (nSPS) is 13.0. The number of ether oxygens (including phenoxy) is 3. The van der Waals surface area contributed by atoms with E-state index in [1.165, 1.54) is 122 Å². The molecule has 1 unspecified atom stereocenters. The van der Waals surface area contributed by atoms with E-state index in [4.69, 9.17) is 14.2 Å². The average Bonchev–Trinajstić information content (AvgIpc) is 3.49. The van der Waals surface area contributed by atoms with Gasteiger partial charge >= 0.3 is 17.9 Å². The fraction of sp³-hybridized carbons (Fsp3) is 0.649. The predicted octanol–water partition coefficient (Wildman–Crippen LogP) is 23.9. The fourth-order valence-electron chi connectivity index (χ4n) is 9.23. The maximum Gasteiger partial charge on any atom is 0.306 e. The maximum absolute atomic E-state index is 12.9. The molecule has 0 aromatic rings. The van der Waals surface area contributed by atoms with E-state index in [9.17, 15) is 14.4 Å². The minimum Gasteiger partial charge on any atom is -0.462 e. The van der Waals surface area contributed by atoms with E-state index in [0.717, 1.165) is 135 Å². The summed E-state index contributed by atoms with van der Waals surface area (Å²) in [4.78, 5) is 38.3. The zero-order chi connectivity index (χ0) is 59.9. The Kier molecular flexibility index (Phi) is 65.8. The second-order valence-electron chi connectivity index (χ2n) is 22.3. The van der Waals surface area contributed by atoms with Crippen LogP contribution in [0.3, 0.4) is 0 Å². The molecule has 0 aliphatic rings. The zero-order valence-electron chi connectivity index (χ0n) is 53.9. The largest absolute Gasteiger partial charge is 0.462 e. The van der Waals surface area contributed by atoms with Gasteiger partial charge in [-0.15, -0.1) is 0 Å². The topological polar surface area (TPSA) is 78.9 Å².